The maximum atomic E-state index is 9.47. The molecule has 123 heavy (non-hydrogen) atoms. The number of benzene rings is 1. The van der Waals surface area contributed by atoms with E-state index in [1.54, 1.807) is 57.3 Å². The molecule has 0 saturated heterocycles. The van der Waals surface area contributed by atoms with Crippen LogP contribution >= 0.6 is 47.8 Å². The Bertz CT molecular complexity index is 5290. The molecule has 0 spiro atoms. The second-order valence-corrected chi connectivity index (χ2v) is 34.4. The fourth-order valence-corrected chi connectivity index (χ4v) is 13.6. The molecular weight excluding hydrogens is 1750 g/mol. The zero-order valence-corrected chi connectivity index (χ0v) is 77.7. The molecule has 14 rings (SSSR count). The Morgan fingerprint density at radius 2 is 0.911 bits per heavy atom. The van der Waals surface area contributed by atoms with E-state index in [1.807, 2.05) is 112 Å². The second kappa shape index (κ2) is 45.9. The van der Waals surface area contributed by atoms with Gasteiger partial charge in [-0.1, -0.05) is 132 Å². The van der Waals surface area contributed by atoms with Crippen LogP contribution in [0.5, 0.6) is 63.4 Å². The highest BCUT2D eigenvalue weighted by Gasteiger charge is 2.31. The van der Waals surface area contributed by atoms with Gasteiger partial charge in [-0.2, -0.15) is 9.97 Å². The molecule has 29 nitrogen and oxygen atoms in total. The van der Waals surface area contributed by atoms with E-state index in [2.05, 4.69) is 220 Å². The van der Waals surface area contributed by atoms with Gasteiger partial charge in [0, 0.05) is 119 Å². The number of nitrogens with one attached hydrogen (secondary N) is 4. The number of pyridine rings is 5. The molecule has 0 aliphatic heterocycles. The minimum Gasteiger partial charge on any atom is -0.481 e. The summed E-state index contributed by atoms with van der Waals surface area (Å²) >= 11 is 10.2. The number of aliphatic hydroxyl groups excluding tert-OH is 1. The second-order valence-electron chi connectivity index (χ2n) is 32.0. The molecule has 32 heteroatoms. The number of hydrogen-bond acceptors (Lipinski definition) is 29. The quantitative estimate of drug-likeness (QED) is 0.0194. The van der Waals surface area contributed by atoms with Gasteiger partial charge >= 0.3 is 0 Å². The fraction of sp³-hybridized carbons (Fsp3) is 0.418. The Morgan fingerprint density at radius 3 is 1.39 bits per heavy atom. The van der Waals surface area contributed by atoms with Gasteiger partial charge in [-0.3, -0.25) is 4.98 Å². The smallest absolute Gasteiger partial charge is 0.222 e. The predicted octanol–water partition coefficient (Wildman–Crippen LogP) is 22.0. The van der Waals surface area contributed by atoms with Gasteiger partial charge in [0.1, 0.15) is 60.0 Å². The van der Waals surface area contributed by atoms with Crippen LogP contribution in [0.1, 0.15) is 233 Å². The lowest BCUT2D eigenvalue weighted by Crippen LogP contribution is -2.23. The van der Waals surface area contributed by atoms with E-state index >= 15 is 0 Å². The number of nitrogens with two attached hydrogens (primary N) is 3. The van der Waals surface area contributed by atoms with Crippen molar-refractivity contribution in [3.8, 4) is 63.4 Å². The van der Waals surface area contributed by atoms with Gasteiger partial charge in [-0.25, -0.2) is 59.8 Å². The van der Waals surface area contributed by atoms with Crippen molar-refractivity contribution in [1.82, 2.24) is 74.8 Å². The van der Waals surface area contributed by atoms with E-state index in [1.165, 1.54) is 44.9 Å². The van der Waals surface area contributed by atoms with Crippen molar-refractivity contribution in [3.05, 3.63) is 193 Å². The van der Waals surface area contributed by atoms with E-state index in [4.69, 9.17) is 45.6 Å². The molecule has 1 aromatic carbocycles. The molecule has 0 bridgehead atoms. The summed E-state index contributed by atoms with van der Waals surface area (Å²) < 4.78 is 38.0. The van der Waals surface area contributed by atoms with Crippen LogP contribution in [0, 0.1) is 32.6 Å². The molecule has 2 atom stereocenters. The SMILES string of the molecule is CC(C)c1cnc(Br)cc1Oc1cnc(N)nc1NC1CCCCC1.CCC(CO)Nc1nc(N)ncc1Oc1cc(C2CC2)ncc1C(C)C.COc1cc(Oc2cnc(C)nc2N)c(/C=C/c2ccccc2)cn1.Cc1ncc(Oc2cc(Br)ncc2C(C)C)c(NCC(C)C)n1.Cc1ncc(Oc2cc(Br)ncc2C(C)C)c(N[C@H](C)C2CC2)n1. The monoisotopic (exact) mass is 1860 g/mol. The highest BCUT2D eigenvalue weighted by Crippen LogP contribution is 2.45. The standard InChI is InChI=1S/C19H27N5O2.C19H18N4O2.C18H24BrN5O.C18H23BrN4O.C17H23BrN4O/c1-4-13(10-25)23-18-17(9-22-19(20)24-18)26-16-7-15(12-5-6-12)21-8-14(16)11(2)3;1-13-21-12-17(19(20)23-13)25-16-10-18(24-2)22-11-15(16)9-8-14-6-4-3-5-7-14;1-11(2)13-9-21-16(19)8-14(13)25-15-10-22-18(20)24-17(15)23-12-6-4-3-5-7-12;1-10(2)14-8-21-17(19)7-15(14)24-16-9-20-12(4)23-18(16)22-11(3)13-5-6-13;1-10(2)7-21-17-15(9-19-12(5)22-17)23-14-6-16(18)20-8-13(14)11(3)4/h7-9,11-13,25H,4-6,10H2,1-3H3,(H3,20,22,23,24);3-12H,1-2H3,(H2,20,21,23);8-12H,3-7H2,1-2H3,(H3,20,22,23,24);7-11,13H,5-6H2,1-4H3,(H,20,22,23);6,8-11H,7H2,1-5H3,(H,19,21,22)/b;9-8+;;;/t;;;11-;/m...1./s1. The number of nitrogen functional groups attached to an aromatic ring is 3. The molecule has 3 saturated carbocycles. The van der Waals surface area contributed by atoms with Crippen molar-refractivity contribution in [1.29, 1.82) is 0 Å². The summed E-state index contributed by atoms with van der Waals surface area (Å²) in [5.41, 5.74) is 24.5. The number of rotatable bonds is 30. The first-order valence-corrected chi connectivity index (χ1v) is 44.2. The number of aliphatic hydroxyl groups is 1. The van der Waals surface area contributed by atoms with Crippen LogP contribution in [-0.2, 0) is 0 Å². The molecule has 0 radical (unpaired) electrons. The van der Waals surface area contributed by atoms with Crippen LogP contribution in [0.2, 0.25) is 0 Å². The lowest BCUT2D eigenvalue weighted by atomic mass is 9.95. The average molecular weight is 1870 g/mol. The Hall–Kier alpha value is -11.1. The number of ether oxygens (including phenoxy) is 6. The number of nitrogens with zero attached hydrogens (tertiary/aromatic N) is 15. The van der Waals surface area contributed by atoms with Crippen LogP contribution < -0.4 is 66.9 Å². The Labute approximate surface area is 747 Å². The van der Waals surface area contributed by atoms with Gasteiger partial charge in [0.05, 0.1) is 50.7 Å². The van der Waals surface area contributed by atoms with Gasteiger partial charge in [0.25, 0.3) is 0 Å². The predicted molar refractivity (Wildman–Crippen MR) is 497 cm³/mol. The number of methoxy groups -OCH3 is 1. The number of hydrogen-bond donors (Lipinski definition) is 8. The van der Waals surface area contributed by atoms with Crippen molar-refractivity contribution in [2.45, 2.75) is 216 Å². The lowest BCUT2D eigenvalue weighted by Gasteiger charge is -2.24. The number of halogens is 3. The van der Waals surface area contributed by atoms with Gasteiger partial charge in [-0.15, -0.1) is 0 Å². The Morgan fingerprint density at radius 1 is 0.455 bits per heavy atom. The zero-order chi connectivity index (χ0) is 88.4. The molecule has 652 valence electrons. The minimum absolute atomic E-state index is 0.00181. The molecule has 0 amide bonds. The summed E-state index contributed by atoms with van der Waals surface area (Å²) in [6.07, 6.45) is 32.9. The summed E-state index contributed by atoms with van der Waals surface area (Å²) in [7, 11) is 1.55. The highest BCUT2D eigenvalue weighted by molar-refractivity contribution is 9.11. The molecule has 11 aromatic rings. The average Bonchev–Trinajstić information content (AvgIpc) is 1.55. The van der Waals surface area contributed by atoms with E-state index in [-0.39, 0.29) is 36.3 Å². The first kappa shape index (κ1) is 94.2. The number of anilines is 7. The molecule has 3 fully saturated rings. The first-order valence-electron chi connectivity index (χ1n) is 41.8. The summed E-state index contributed by atoms with van der Waals surface area (Å²) in [5, 5.41) is 23.0. The van der Waals surface area contributed by atoms with Crippen LogP contribution in [0.15, 0.2) is 136 Å². The van der Waals surface area contributed by atoms with Crippen LogP contribution in [0.3, 0.4) is 0 Å². The van der Waals surface area contributed by atoms with Crippen molar-refractivity contribution >= 4 is 101 Å². The summed E-state index contributed by atoms with van der Waals surface area (Å²) in [6.45, 7) is 31.7. The third-order valence-corrected chi connectivity index (χ3v) is 21.3. The summed E-state index contributed by atoms with van der Waals surface area (Å²) in [4.78, 5) is 64.3. The molecule has 10 aromatic heterocycles. The van der Waals surface area contributed by atoms with Crippen molar-refractivity contribution in [2.75, 3.05) is 58.7 Å². The normalized spacial score (nSPS) is 13.6. The van der Waals surface area contributed by atoms with Gasteiger partial charge in [0.15, 0.2) is 57.8 Å². The first-order chi connectivity index (χ1) is 59.0. The fourth-order valence-electron chi connectivity index (χ4n) is 12.6. The third kappa shape index (κ3) is 29.0. The maximum absolute atomic E-state index is 9.47. The third-order valence-electron chi connectivity index (χ3n) is 20.0. The van der Waals surface area contributed by atoms with Crippen LogP contribution in [-0.4, -0.2) is 118 Å². The summed E-state index contributed by atoms with van der Waals surface area (Å²) in [5.74, 6) is 15.1. The molecular formula is C91H115Br3N22O7. The van der Waals surface area contributed by atoms with E-state index in [0.29, 0.717) is 111 Å². The Kier molecular flexibility index (Phi) is 35.1. The molecule has 10 heterocycles. The van der Waals surface area contributed by atoms with E-state index in [0.717, 1.165) is 119 Å². The topological polar surface area (TPSA) is 395 Å². The van der Waals surface area contributed by atoms with Gasteiger partial charge in [-0.05, 0) is 168 Å². The van der Waals surface area contributed by atoms with Crippen molar-refractivity contribution in [3.63, 3.8) is 0 Å². The lowest BCUT2D eigenvalue weighted by molar-refractivity contribution is 0.271. The molecule has 1 unspecified atom stereocenters. The van der Waals surface area contributed by atoms with Crippen molar-refractivity contribution in [2.24, 2.45) is 11.8 Å². The molecule has 3 aliphatic carbocycles. The largest absolute Gasteiger partial charge is 0.481 e. The number of aryl methyl sites for hydroxylation is 3. The zero-order valence-electron chi connectivity index (χ0n) is 72.9. The van der Waals surface area contributed by atoms with E-state index in [9.17, 15) is 5.11 Å². The minimum atomic E-state index is -0.129. The number of aromatic nitrogens is 15. The summed E-state index contributed by atoms with van der Waals surface area (Å²) in [6, 6.07) is 20.0. The van der Waals surface area contributed by atoms with Gasteiger partial charge in [0.2, 0.25) is 17.8 Å². The molecule has 3 aliphatic rings. The van der Waals surface area contributed by atoms with Gasteiger partial charge < -0.3 is 72.0 Å². The Balaban J connectivity index is 0.000000161. The van der Waals surface area contributed by atoms with E-state index < -0.39 is 0 Å². The van der Waals surface area contributed by atoms with Crippen molar-refractivity contribution < 1.29 is 33.5 Å². The maximum Gasteiger partial charge on any atom is 0.222 e. The van der Waals surface area contributed by atoms with Crippen LogP contribution in [0.4, 0.5) is 41.0 Å². The highest BCUT2D eigenvalue weighted by atomic mass is 79.9. The van der Waals surface area contributed by atoms with Crippen LogP contribution in [0.25, 0.3) is 12.2 Å². The molecule has 11 N–H and O–H groups in total.